The van der Waals surface area contributed by atoms with E-state index in [1.807, 2.05) is 29.6 Å². The Hall–Kier alpha value is -2.37. The molecule has 0 fully saturated rings. The van der Waals surface area contributed by atoms with Crippen LogP contribution in [0.5, 0.6) is 5.75 Å². The Balaban J connectivity index is 1.65. The molecule has 1 heterocycles. The average Bonchev–Trinajstić information content (AvgIpc) is 3.03. The van der Waals surface area contributed by atoms with E-state index in [2.05, 4.69) is 4.98 Å². The third-order valence-corrected chi connectivity index (χ3v) is 4.23. The minimum Gasteiger partial charge on any atom is -0.486 e. The smallest absolute Gasteiger partial charge is 0.335 e. The molecule has 0 aliphatic rings. The Labute approximate surface area is 142 Å². The Kier molecular flexibility index (Phi) is 4.60. The summed E-state index contributed by atoms with van der Waals surface area (Å²) in [6, 6.07) is 13.8. The van der Waals surface area contributed by atoms with Gasteiger partial charge in [-0.05, 0) is 36.4 Å². The summed E-state index contributed by atoms with van der Waals surface area (Å²) < 4.78 is 5.63. The molecular weight excluding hydrogens is 334 g/mol. The quantitative estimate of drug-likeness (QED) is 0.725. The number of nitrogens with zero attached hydrogens (tertiary/aromatic N) is 1. The second kappa shape index (κ2) is 6.81. The van der Waals surface area contributed by atoms with Crippen LogP contribution in [0, 0.1) is 0 Å². The largest absolute Gasteiger partial charge is 0.486 e. The number of halogens is 1. The van der Waals surface area contributed by atoms with Crippen molar-refractivity contribution in [3.05, 3.63) is 69.5 Å². The number of rotatable bonds is 5. The standard InChI is InChI=1S/C17H12ClNO3S/c18-13-5-1-11(2-6-13)15-10-23-16(19-15)9-22-14-7-3-12(4-8-14)17(20)21/h1-8,10H,9H2,(H,20,21). The van der Waals surface area contributed by atoms with E-state index >= 15 is 0 Å². The van der Waals surface area contributed by atoms with Crippen LogP contribution in [0.1, 0.15) is 15.4 Å². The van der Waals surface area contributed by atoms with Gasteiger partial charge in [0.2, 0.25) is 0 Å². The first-order chi connectivity index (χ1) is 11.1. The molecule has 2 aromatic carbocycles. The fourth-order valence-electron chi connectivity index (χ4n) is 1.97. The maximum atomic E-state index is 10.8. The number of carboxylic acid groups (broad SMARTS) is 1. The van der Waals surface area contributed by atoms with E-state index in [1.54, 1.807) is 12.1 Å². The Morgan fingerprint density at radius 2 is 1.83 bits per heavy atom. The monoisotopic (exact) mass is 345 g/mol. The van der Waals surface area contributed by atoms with Gasteiger partial charge >= 0.3 is 5.97 Å². The normalized spacial score (nSPS) is 10.5. The third-order valence-electron chi connectivity index (χ3n) is 3.16. The fraction of sp³-hybridized carbons (Fsp3) is 0.0588. The molecule has 0 amide bonds. The lowest BCUT2D eigenvalue weighted by Crippen LogP contribution is -1.97. The number of hydrogen-bond donors (Lipinski definition) is 1. The number of aromatic carboxylic acids is 1. The minimum absolute atomic E-state index is 0.233. The molecular formula is C17H12ClNO3S. The van der Waals surface area contributed by atoms with Crippen molar-refractivity contribution in [2.24, 2.45) is 0 Å². The summed E-state index contributed by atoms with van der Waals surface area (Å²) in [6.07, 6.45) is 0. The zero-order chi connectivity index (χ0) is 16.2. The fourth-order valence-corrected chi connectivity index (χ4v) is 2.81. The summed E-state index contributed by atoms with van der Waals surface area (Å²) in [4.78, 5) is 15.3. The lowest BCUT2D eigenvalue weighted by atomic mass is 10.2. The van der Waals surface area contributed by atoms with E-state index in [-0.39, 0.29) is 5.56 Å². The molecule has 23 heavy (non-hydrogen) atoms. The molecule has 116 valence electrons. The van der Waals surface area contributed by atoms with Gasteiger partial charge in [0, 0.05) is 16.0 Å². The van der Waals surface area contributed by atoms with Crippen LogP contribution < -0.4 is 4.74 Å². The van der Waals surface area contributed by atoms with Gasteiger partial charge in [-0.1, -0.05) is 23.7 Å². The van der Waals surface area contributed by atoms with Crippen molar-refractivity contribution in [1.82, 2.24) is 4.98 Å². The van der Waals surface area contributed by atoms with Crippen molar-refractivity contribution in [2.75, 3.05) is 0 Å². The van der Waals surface area contributed by atoms with Crippen LogP contribution in [0.2, 0.25) is 5.02 Å². The SMILES string of the molecule is O=C(O)c1ccc(OCc2nc(-c3ccc(Cl)cc3)cs2)cc1. The summed E-state index contributed by atoms with van der Waals surface area (Å²) in [5.74, 6) is -0.345. The predicted molar refractivity (Wildman–Crippen MR) is 90.3 cm³/mol. The number of benzene rings is 2. The number of carbonyl (C=O) groups is 1. The van der Waals surface area contributed by atoms with E-state index in [1.165, 1.54) is 23.5 Å². The Morgan fingerprint density at radius 1 is 1.13 bits per heavy atom. The number of carboxylic acids is 1. The van der Waals surface area contributed by atoms with Gasteiger partial charge in [-0.25, -0.2) is 9.78 Å². The Morgan fingerprint density at radius 3 is 2.48 bits per heavy atom. The summed E-state index contributed by atoms with van der Waals surface area (Å²) in [5, 5.41) is 12.4. The van der Waals surface area contributed by atoms with Gasteiger partial charge in [0.25, 0.3) is 0 Å². The van der Waals surface area contributed by atoms with Crippen molar-refractivity contribution >= 4 is 28.9 Å². The maximum Gasteiger partial charge on any atom is 0.335 e. The number of aromatic nitrogens is 1. The van der Waals surface area contributed by atoms with Crippen molar-refractivity contribution in [3.63, 3.8) is 0 Å². The highest BCUT2D eigenvalue weighted by molar-refractivity contribution is 7.09. The highest BCUT2D eigenvalue weighted by Crippen LogP contribution is 2.24. The van der Waals surface area contributed by atoms with Crippen molar-refractivity contribution < 1.29 is 14.6 Å². The molecule has 0 aliphatic carbocycles. The van der Waals surface area contributed by atoms with E-state index in [0.717, 1.165) is 16.3 Å². The van der Waals surface area contributed by atoms with E-state index in [4.69, 9.17) is 21.4 Å². The molecule has 0 saturated carbocycles. The molecule has 6 heteroatoms. The lowest BCUT2D eigenvalue weighted by molar-refractivity contribution is 0.0697. The minimum atomic E-state index is -0.955. The van der Waals surface area contributed by atoms with Crippen LogP contribution >= 0.6 is 22.9 Å². The van der Waals surface area contributed by atoms with E-state index in [9.17, 15) is 4.79 Å². The van der Waals surface area contributed by atoms with Gasteiger partial charge in [0.15, 0.2) is 0 Å². The topological polar surface area (TPSA) is 59.4 Å². The number of thiazole rings is 1. The van der Waals surface area contributed by atoms with Gasteiger partial charge in [0.05, 0.1) is 11.3 Å². The van der Waals surface area contributed by atoms with E-state index in [0.29, 0.717) is 17.4 Å². The van der Waals surface area contributed by atoms with Crippen molar-refractivity contribution in [3.8, 4) is 17.0 Å². The first-order valence-corrected chi connectivity index (χ1v) is 8.04. The first-order valence-electron chi connectivity index (χ1n) is 6.78. The summed E-state index contributed by atoms with van der Waals surface area (Å²) >= 11 is 7.39. The molecule has 0 atom stereocenters. The van der Waals surface area contributed by atoms with Crippen LogP contribution in [0.25, 0.3) is 11.3 Å². The Bertz CT molecular complexity index is 813. The van der Waals surface area contributed by atoms with Gasteiger partial charge in [-0.15, -0.1) is 11.3 Å². The number of hydrogen-bond acceptors (Lipinski definition) is 4. The molecule has 4 nitrogen and oxygen atoms in total. The second-order valence-corrected chi connectivity index (χ2v) is 6.13. The van der Waals surface area contributed by atoms with Crippen LogP contribution in [-0.4, -0.2) is 16.1 Å². The second-order valence-electron chi connectivity index (χ2n) is 4.75. The highest BCUT2D eigenvalue weighted by atomic mass is 35.5. The first kappa shape index (κ1) is 15.5. The number of ether oxygens (including phenoxy) is 1. The molecule has 0 saturated heterocycles. The summed E-state index contributed by atoms with van der Waals surface area (Å²) in [5.41, 5.74) is 2.12. The van der Waals surface area contributed by atoms with Crippen LogP contribution in [0.3, 0.4) is 0 Å². The average molecular weight is 346 g/mol. The van der Waals surface area contributed by atoms with Crippen LogP contribution in [0.15, 0.2) is 53.9 Å². The summed E-state index contributed by atoms with van der Waals surface area (Å²) in [6.45, 7) is 0.338. The summed E-state index contributed by atoms with van der Waals surface area (Å²) in [7, 11) is 0. The molecule has 3 rings (SSSR count). The highest BCUT2D eigenvalue weighted by Gasteiger charge is 2.06. The van der Waals surface area contributed by atoms with Gasteiger partial charge in [0.1, 0.15) is 17.4 Å². The molecule has 0 radical (unpaired) electrons. The maximum absolute atomic E-state index is 10.8. The third kappa shape index (κ3) is 3.88. The molecule has 0 spiro atoms. The van der Waals surface area contributed by atoms with Crippen molar-refractivity contribution in [1.29, 1.82) is 0 Å². The molecule has 0 unspecified atom stereocenters. The van der Waals surface area contributed by atoms with Crippen LogP contribution in [0.4, 0.5) is 0 Å². The molecule has 1 N–H and O–H groups in total. The van der Waals surface area contributed by atoms with Gasteiger partial charge in [-0.3, -0.25) is 0 Å². The lowest BCUT2D eigenvalue weighted by Gasteiger charge is -2.04. The van der Waals surface area contributed by atoms with E-state index < -0.39 is 5.97 Å². The van der Waals surface area contributed by atoms with Gasteiger partial charge in [-0.2, -0.15) is 0 Å². The molecule has 0 bridgehead atoms. The van der Waals surface area contributed by atoms with Gasteiger partial charge < -0.3 is 9.84 Å². The zero-order valence-electron chi connectivity index (χ0n) is 11.9. The van der Waals surface area contributed by atoms with Crippen LogP contribution in [-0.2, 0) is 6.61 Å². The predicted octanol–water partition coefficient (Wildman–Crippen LogP) is 4.74. The van der Waals surface area contributed by atoms with Crippen molar-refractivity contribution in [2.45, 2.75) is 6.61 Å². The molecule has 3 aromatic rings. The zero-order valence-corrected chi connectivity index (χ0v) is 13.5. The molecule has 0 aliphatic heterocycles. The molecule has 1 aromatic heterocycles.